The summed E-state index contributed by atoms with van der Waals surface area (Å²) in [5.74, 6) is 1.33. The van der Waals surface area contributed by atoms with E-state index in [1.54, 1.807) is 18.2 Å². The molecule has 2 aromatic rings. The van der Waals surface area contributed by atoms with Gasteiger partial charge in [0.05, 0.1) is 15.7 Å². The van der Waals surface area contributed by atoms with E-state index >= 15 is 0 Å². The van der Waals surface area contributed by atoms with E-state index < -0.39 is 0 Å². The minimum Gasteiger partial charge on any atom is -0.339 e. The Bertz CT molecular complexity index is 656. The van der Waals surface area contributed by atoms with Crippen molar-refractivity contribution < 1.29 is 9.32 Å². The molecular weight excluding hydrogens is 325 g/mol. The van der Waals surface area contributed by atoms with Crippen LogP contribution in [0.25, 0.3) is 0 Å². The summed E-state index contributed by atoms with van der Waals surface area (Å²) in [6, 6.07) is 5.11. The molecule has 7 heteroatoms. The van der Waals surface area contributed by atoms with Crippen molar-refractivity contribution in [3.8, 4) is 0 Å². The Balaban J connectivity index is 1.81. The van der Waals surface area contributed by atoms with Gasteiger partial charge in [-0.1, -0.05) is 48.3 Å². The summed E-state index contributed by atoms with van der Waals surface area (Å²) < 4.78 is 5.13. The van der Waals surface area contributed by atoms with Gasteiger partial charge < -0.3 is 9.84 Å². The minimum atomic E-state index is -0.132. The first-order valence-corrected chi connectivity index (χ1v) is 7.79. The molecule has 0 aliphatic heterocycles. The van der Waals surface area contributed by atoms with Crippen LogP contribution in [0.1, 0.15) is 44.3 Å². The average Bonchev–Trinajstić information content (AvgIpc) is 2.93. The summed E-state index contributed by atoms with van der Waals surface area (Å²) in [5.41, 5.74) is 0.513. The molecule has 1 N–H and O–H groups in total. The molecule has 1 heterocycles. The topological polar surface area (TPSA) is 68.0 Å². The van der Waals surface area contributed by atoms with E-state index in [2.05, 4.69) is 15.5 Å². The quantitative estimate of drug-likeness (QED) is 0.841. The number of benzene rings is 1. The lowest BCUT2D eigenvalue weighted by molar-refractivity contribution is -0.116. The molecule has 0 aliphatic carbocycles. The van der Waals surface area contributed by atoms with Crippen molar-refractivity contribution in [2.24, 2.45) is 0 Å². The molecule has 2 rings (SSSR count). The van der Waals surface area contributed by atoms with Crippen molar-refractivity contribution >= 4 is 34.8 Å². The molecule has 0 saturated carbocycles. The third-order valence-corrected chi connectivity index (χ3v) is 3.84. The highest BCUT2D eigenvalue weighted by Crippen LogP contribution is 2.29. The largest absolute Gasteiger partial charge is 0.339 e. The van der Waals surface area contributed by atoms with Gasteiger partial charge in [-0.3, -0.25) is 4.79 Å². The monoisotopic (exact) mass is 341 g/mol. The Morgan fingerprint density at radius 2 is 2.14 bits per heavy atom. The lowest BCUT2D eigenvalue weighted by Crippen LogP contribution is -2.12. The van der Waals surface area contributed by atoms with Crippen molar-refractivity contribution in [1.82, 2.24) is 10.1 Å². The van der Waals surface area contributed by atoms with Crippen LogP contribution in [0.2, 0.25) is 10.0 Å². The van der Waals surface area contributed by atoms with Crippen LogP contribution in [0.15, 0.2) is 22.7 Å². The van der Waals surface area contributed by atoms with Gasteiger partial charge in [-0.05, 0) is 18.6 Å². The molecule has 0 unspecified atom stereocenters. The maximum Gasteiger partial charge on any atom is 0.226 e. The number of aromatic nitrogens is 2. The second-order valence-electron chi connectivity index (χ2n) is 5.20. The van der Waals surface area contributed by atoms with Crippen molar-refractivity contribution in [3.05, 3.63) is 40.0 Å². The zero-order valence-electron chi connectivity index (χ0n) is 12.4. The van der Waals surface area contributed by atoms with Gasteiger partial charge in [-0.15, -0.1) is 0 Å². The summed E-state index contributed by atoms with van der Waals surface area (Å²) in [5, 5.41) is 7.37. The van der Waals surface area contributed by atoms with Crippen molar-refractivity contribution in [2.45, 2.75) is 39.0 Å². The zero-order valence-corrected chi connectivity index (χ0v) is 13.9. The maximum atomic E-state index is 11.9. The smallest absolute Gasteiger partial charge is 0.226 e. The van der Waals surface area contributed by atoms with Gasteiger partial charge in [0.25, 0.3) is 0 Å². The number of carbonyl (C=O) groups is 1. The minimum absolute atomic E-state index is 0.132. The molecule has 0 atom stereocenters. The molecule has 0 fully saturated rings. The third kappa shape index (κ3) is 4.45. The summed E-state index contributed by atoms with van der Waals surface area (Å²) in [6.07, 6.45) is 1.52. The number of hydrogen-bond acceptors (Lipinski definition) is 4. The summed E-state index contributed by atoms with van der Waals surface area (Å²) in [7, 11) is 0. The van der Waals surface area contributed by atoms with E-state index in [-0.39, 0.29) is 11.8 Å². The van der Waals surface area contributed by atoms with Gasteiger partial charge in [0.1, 0.15) is 0 Å². The third-order valence-electron chi connectivity index (χ3n) is 3.02. The first kappa shape index (κ1) is 16.8. The predicted molar refractivity (Wildman–Crippen MR) is 86.4 cm³/mol. The highest BCUT2D eigenvalue weighted by Gasteiger charge is 2.11. The Kier molecular flexibility index (Phi) is 5.80. The summed E-state index contributed by atoms with van der Waals surface area (Å²) >= 11 is 11.9. The standard InChI is InChI=1S/C15H17Cl2N3O2/c1-9(2)15-19-13(22-20-15)8-4-7-12(21)18-11-6-3-5-10(16)14(11)17/h3,5-6,9H,4,7-8H2,1-2H3,(H,18,21). The van der Waals surface area contributed by atoms with Crippen LogP contribution in [0.3, 0.4) is 0 Å². The Labute approximate surface area is 139 Å². The molecule has 0 bridgehead atoms. The fraction of sp³-hybridized carbons (Fsp3) is 0.400. The lowest BCUT2D eigenvalue weighted by atomic mass is 10.2. The van der Waals surface area contributed by atoms with Crippen LogP contribution >= 0.6 is 23.2 Å². The van der Waals surface area contributed by atoms with E-state index in [1.807, 2.05) is 13.8 Å². The Hall–Kier alpha value is -1.59. The molecule has 0 spiro atoms. The van der Waals surface area contributed by atoms with Gasteiger partial charge in [-0.25, -0.2) is 0 Å². The Morgan fingerprint density at radius 3 is 2.82 bits per heavy atom. The number of anilines is 1. The second kappa shape index (κ2) is 7.61. The number of carbonyl (C=O) groups excluding carboxylic acids is 1. The average molecular weight is 342 g/mol. The SMILES string of the molecule is CC(C)c1noc(CCCC(=O)Nc2cccc(Cl)c2Cl)n1. The molecule has 0 radical (unpaired) electrons. The van der Waals surface area contributed by atoms with Gasteiger partial charge in [0, 0.05) is 18.8 Å². The predicted octanol–water partition coefficient (Wildman–Crippen LogP) is 4.46. The van der Waals surface area contributed by atoms with Crippen LogP contribution in [0.5, 0.6) is 0 Å². The van der Waals surface area contributed by atoms with Crippen LogP contribution < -0.4 is 5.32 Å². The van der Waals surface area contributed by atoms with Crippen LogP contribution in [-0.4, -0.2) is 16.0 Å². The number of hydrogen-bond donors (Lipinski definition) is 1. The molecule has 1 aromatic heterocycles. The number of amides is 1. The molecule has 1 amide bonds. The van der Waals surface area contributed by atoms with E-state index in [0.717, 1.165) is 0 Å². The molecule has 118 valence electrons. The molecular formula is C15H17Cl2N3O2. The van der Waals surface area contributed by atoms with Gasteiger partial charge >= 0.3 is 0 Å². The molecule has 22 heavy (non-hydrogen) atoms. The Morgan fingerprint density at radius 1 is 1.36 bits per heavy atom. The fourth-order valence-corrected chi connectivity index (χ4v) is 2.17. The van der Waals surface area contributed by atoms with Crippen LogP contribution in [0.4, 0.5) is 5.69 Å². The van der Waals surface area contributed by atoms with Gasteiger partial charge in [-0.2, -0.15) is 4.98 Å². The van der Waals surface area contributed by atoms with E-state index in [4.69, 9.17) is 27.7 Å². The van der Waals surface area contributed by atoms with Gasteiger partial charge in [0.15, 0.2) is 5.82 Å². The number of nitrogens with one attached hydrogen (secondary N) is 1. The summed E-state index contributed by atoms with van der Waals surface area (Å²) in [6.45, 7) is 3.99. The normalized spacial score (nSPS) is 11.0. The fourth-order valence-electron chi connectivity index (χ4n) is 1.82. The van der Waals surface area contributed by atoms with E-state index in [9.17, 15) is 4.79 Å². The first-order chi connectivity index (χ1) is 10.5. The highest BCUT2D eigenvalue weighted by atomic mass is 35.5. The number of nitrogens with zero attached hydrogens (tertiary/aromatic N) is 2. The molecule has 5 nitrogen and oxygen atoms in total. The first-order valence-electron chi connectivity index (χ1n) is 7.03. The van der Waals surface area contributed by atoms with Gasteiger partial charge in [0.2, 0.25) is 11.8 Å². The van der Waals surface area contributed by atoms with E-state index in [0.29, 0.717) is 46.7 Å². The van der Waals surface area contributed by atoms with Crippen molar-refractivity contribution in [3.63, 3.8) is 0 Å². The second-order valence-corrected chi connectivity index (χ2v) is 5.99. The van der Waals surface area contributed by atoms with Crippen molar-refractivity contribution in [2.75, 3.05) is 5.32 Å². The summed E-state index contributed by atoms with van der Waals surface area (Å²) in [4.78, 5) is 16.2. The van der Waals surface area contributed by atoms with Crippen LogP contribution in [-0.2, 0) is 11.2 Å². The molecule has 0 aliphatic rings. The number of rotatable bonds is 6. The molecule has 1 aromatic carbocycles. The number of halogens is 2. The number of aryl methyl sites for hydroxylation is 1. The highest BCUT2D eigenvalue weighted by molar-refractivity contribution is 6.43. The van der Waals surface area contributed by atoms with E-state index in [1.165, 1.54) is 0 Å². The lowest BCUT2D eigenvalue weighted by Gasteiger charge is -2.07. The zero-order chi connectivity index (χ0) is 16.1. The maximum absolute atomic E-state index is 11.9. The van der Waals surface area contributed by atoms with Crippen molar-refractivity contribution in [1.29, 1.82) is 0 Å². The van der Waals surface area contributed by atoms with Crippen LogP contribution in [0, 0.1) is 0 Å². The molecule has 0 saturated heterocycles.